The van der Waals surface area contributed by atoms with Crippen LogP contribution >= 0.6 is 34.7 Å². The van der Waals surface area contributed by atoms with Crippen molar-refractivity contribution < 1.29 is 4.79 Å². The molecule has 2 heterocycles. The Kier molecular flexibility index (Phi) is 5.70. The molecule has 0 atom stereocenters. The quantitative estimate of drug-likeness (QED) is 0.598. The first-order valence-electron chi connectivity index (χ1n) is 8.61. The van der Waals surface area contributed by atoms with Crippen molar-refractivity contribution in [3.63, 3.8) is 0 Å². The molecule has 2 aromatic heterocycles. The lowest BCUT2D eigenvalue weighted by molar-refractivity contribution is -0.113. The molecule has 1 amide bonds. The highest BCUT2D eigenvalue weighted by Crippen LogP contribution is 2.32. The average Bonchev–Trinajstić information content (AvgIpc) is 3.41. The lowest BCUT2D eigenvalue weighted by Gasteiger charge is -2.10. The summed E-state index contributed by atoms with van der Waals surface area (Å²) in [5, 5.41) is 18.5. The van der Waals surface area contributed by atoms with E-state index in [4.69, 9.17) is 11.6 Å². The van der Waals surface area contributed by atoms with E-state index in [-0.39, 0.29) is 11.7 Å². The van der Waals surface area contributed by atoms with Crippen LogP contribution in [-0.4, -0.2) is 36.9 Å². The van der Waals surface area contributed by atoms with Crippen molar-refractivity contribution in [2.75, 3.05) is 11.1 Å². The van der Waals surface area contributed by atoms with Gasteiger partial charge in [-0.25, -0.2) is 9.67 Å². The molecule has 10 heteroatoms. The summed E-state index contributed by atoms with van der Waals surface area (Å²) in [4.78, 5) is 16.7. The van der Waals surface area contributed by atoms with E-state index < -0.39 is 0 Å². The highest BCUT2D eigenvalue weighted by Gasteiger charge is 2.22. The number of rotatable bonds is 6. The third-order valence-electron chi connectivity index (χ3n) is 4.37. The van der Waals surface area contributed by atoms with E-state index >= 15 is 0 Å². The van der Waals surface area contributed by atoms with Crippen molar-refractivity contribution in [3.8, 4) is 11.3 Å². The number of tetrazole rings is 1. The van der Waals surface area contributed by atoms with Crippen LogP contribution in [0.5, 0.6) is 0 Å². The normalized spacial score (nSPS) is 14.6. The van der Waals surface area contributed by atoms with Gasteiger partial charge in [0.25, 0.3) is 0 Å². The van der Waals surface area contributed by atoms with E-state index in [1.54, 1.807) is 0 Å². The number of nitrogens with zero attached hydrogens (tertiary/aromatic N) is 5. The van der Waals surface area contributed by atoms with Gasteiger partial charge in [-0.3, -0.25) is 4.79 Å². The van der Waals surface area contributed by atoms with E-state index in [0.29, 0.717) is 21.4 Å². The Labute approximate surface area is 169 Å². The van der Waals surface area contributed by atoms with Crippen molar-refractivity contribution in [1.29, 1.82) is 0 Å². The number of hydrogen-bond acceptors (Lipinski definition) is 7. The van der Waals surface area contributed by atoms with Gasteiger partial charge in [0.1, 0.15) is 0 Å². The van der Waals surface area contributed by atoms with E-state index in [9.17, 15) is 4.79 Å². The van der Waals surface area contributed by atoms with Crippen molar-refractivity contribution in [3.05, 3.63) is 34.7 Å². The van der Waals surface area contributed by atoms with E-state index in [2.05, 4.69) is 25.8 Å². The summed E-state index contributed by atoms with van der Waals surface area (Å²) >= 11 is 8.92. The Morgan fingerprint density at radius 3 is 2.96 bits per heavy atom. The molecular weight excluding hydrogens is 404 g/mol. The Morgan fingerprint density at radius 2 is 2.15 bits per heavy atom. The molecule has 0 unspecified atom stereocenters. The minimum atomic E-state index is -0.138. The summed E-state index contributed by atoms with van der Waals surface area (Å²) in [6.45, 7) is 0. The molecule has 140 valence electrons. The molecule has 1 aliphatic carbocycles. The molecule has 0 spiro atoms. The van der Waals surface area contributed by atoms with Crippen LogP contribution in [0.2, 0.25) is 5.02 Å². The molecule has 3 aromatic rings. The van der Waals surface area contributed by atoms with Gasteiger partial charge in [-0.1, -0.05) is 54.4 Å². The first-order valence-corrected chi connectivity index (χ1v) is 10.9. The van der Waals surface area contributed by atoms with Crippen LogP contribution in [0.4, 0.5) is 5.13 Å². The fourth-order valence-electron chi connectivity index (χ4n) is 3.07. The topological polar surface area (TPSA) is 85.6 Å². The predicted molar refractivity (Wildman–Crippen MR) is 107 cm³/mol. The second kappa shape index (κ2) is 8.37. The minimum absolute atomic E-state index is 0.138. The molecule has 0 saturated heterocycles. The van der Waals surface area contributed by atoms with Crippen LogP contribution in [0.3, 0.4) is 0 Å². The third kappa shape index (κ3) is 4.31. The molecule has 4 rings (SSSR count). The number of aromatic nitrogens is 5. The molecule has 1 fully saturated rings. The first kappa shape index (κ1) is 18.4. The van der Waals surface area contributed by atoms with Gasteiger partial charge in [0, 0.05) is 16.0 Å². The SMILES string of the molecule is O=C(CSc1nnnn1C1CCCC1)Nc1nc(-c2ccccc2Cl)cs1. The molecule has 0 radical (unpaired) electrons. The maximum atomic E-state index is 12.3. The average molecular weight is 421 g/mol. The number of thioether (sulfide) groups is 1. The lowest BCUT2D eigenvalue weighted by atomic mass is 10.2. The molecule has 1 saturated carbocycles. The first-order chi connectivity index (χ1) is 13.2. The summed E-state index contributed by atoms with van der Waals surface area (Å²) in [6, 6.07) is 7.85. The molecule has 1 aliphatic rings. The Bertz CT molecular complexity index is 937. The number of carbonyl (C=O) groups excluding carboxylic acids is 1. The van der Waals surface area contributed by atoms with E-state index in [1.807, 2.05) is 34.3 Å². The number of benzene rings is 1. The summed E-state index contributed by atoms with van der Waals surface area (Å²) in [5.74, 6) is 0.0923. The van der Waals surface area contributed by atoms with Crippen molar-refractivity contribution in [2.24, 2.45) is 0 Å². The van der Waals surface area contributed by atoms with Crippen LogP contribution in [0.1, 0.15) is 31.7 Å². The summed E-state index contributed by atoms with van der Waals surface area (Å²) in [6.07, 6.45) is 4.59. The highest BCUT2D eigenvalue weighted by molar-refractivity contribution is 7.99. The van der Waals surface area contributed by atoms with Crippen molar-refractivity contribution in [1.82, 2.24) is 25.2 Å². The standard InChI is InChI=1S/C17H17ClN6OS2/c18-13-8-4-3-7-12(13)14-9-26-16(19-14)20-15(25)10-27-17-21-22-23-24(17)11-5-1-2-6-11/h3-4,7-9,11H,1-2,5-6,10H2,(H,19,20,25). The number of thiazole rings is 1. The minimum Gasteiger partial charge on any atom is -0.301 e. The predicted octanol–water partition coefficient (Wildman–Crippen LogP) is 4.30. The fourth-order valence-corrected chi connectivity index (χ4v) is 4.77. The lowest BCUT2D eigenvalue weighted by Crippen LogP contribution is -2.15. The van der Waals surface area contributed by atoms with E-state index in [0.717, 1.165) is 24.1 Å². The number of anilines is 1. The molecule has 0 aliphatic heterocycles. The van der Waals surface area contributed by atoms with Crippen molar-refractivity contribution >= 4 is 45.7 Å². The summed E-state index contributed by atoms with van der Waals surface area (Å²) < 4.78 is 1.85. The van der Waals surface area contributed by atoms with Gasteiger partial charge in [-0.15, -0.1) is 16.4 Å². The zero-order valence-electron chi connectivity index (χ0n) is 14.3. The Morgan fingerprint density at radius 1 is 1.33 bits per heavy atom. The largest absolute Gasteiger partial charge is 0.301 e. The Hall–Kier alpha value is -1.97. The molecular formula is C17H17ClN6OS2. The number of carbonyl (C=O) groups is 1. The van der Waals surface area contributed by atoms with Gasteiger partial charge in [0.15, 0.2) is 5.13 Å². The van der Waals surface area contributed by atoms with Crippen LogP contribution in [-0.2, 0) is 4.79 Å². The maximum Gasteiger partial charge on any atom is 0.236 e. The van der Waals surface area contributed by atoms with Gasteiger partial charge in [-0.05, 0) is 29.3 Å². The number of amides is 1. The van der Waals surface area contributed by atoms with Crippen LogP contribution in [0, 0.1) is 0 Å². The molecule has 7 nitrogen and oxygen atoms in total. The summed E-state index contributed by atoms with van der Waals surface area (Å²) in [7, 11) is 0. The fraction of sp³-hybridized carbons (Fsp3) is 0.353. The maximum absolute atomic E-state index is 12.3. The molecule has 27 heavy (non-hydrogen) atoms. The zero-order chi connectivity index (χ0) is 18.6. The van der Waals surface area contributed by atoms with Gasteiger partial charge in [0.05, 0.1) is 17.5 Å². The second-order valence-electron chi connectivity index (χ2n) is 6.20. The molecule has 0 bridgehead atoms. The Balaban J connectivity index is 1.35. The monoisotopic (exact) mass is 420 g/mol. The smallest absolute Gasteiger partial charge is 0.236 e. The number of halogens is 1. The van der Waals surface area contributed by atoms with Crippen LogP contribution in [0.15, 0.2) is 34.8 Å². The van der Waals surface area contributed by atoms with Gasteiger partial charge in [-0.2, -0.15) is 0 Å². The number of hydrogen-bond donors (Lipinski definition) is 1. The molecule has 1 N–H and O–H groups in total. The van der Waals surface area contributed by atoms with Gasteiger partial charge < -0.3 is 5.32 Å². The second-order valence-corrected chi connectivity index (χ2v) is 8.41. The highest BCUT2D eigenvalue weighted by atomic mass is 35.5. The molecule has 1 aromatic carbocycles. The van der Waals surface area contributed by atoms with Gasteiger partial charge >= 0.3 is 0 Å². The van der Waals surface area contributed by atoms with E-state index in [1.165, 1.54) is 35.9 Å². The summed E-state index contributed by atoms with van der Waals surface area (Å²) in [5.41, 5.74) is 1.60. The van der Waals surface area contributed by atoms with Gasteiger partial charge in [0.2, 0.25) is 11.1 Å². The van der Waals surface area contributed by atoms with Crippen molar-refractivity contribution in [2.45, 2.75) is 36.9 Å². The zero-order valence-corrected chi connectivity index (χ0v) is 16.7. The van der Waals surface area contributed by atoms with Crippen LogP contribution in [0.25, 0.3) is 11.3 Å². The number of nitrogens with one attached hydrogen (secondary N) is 1. The van der Waals surface area contributed by atoms with Crippen LogP contribution < -0.4 is 5.32 Å². The third-order valence-corrected chi connectivity index (χ3v) is 6.39.